The van der Waals surface area contributed by atoms with Crippen LogP contribution in [-0.4, -0.2) is 26.5 Å². The summed E-state index contributed by atoms with van der Waals surface area (Å²) in [5, 5.41) is 14.8. The number of rotatable bonds is 4. The van der Waals surface area contributed by atoms with Gasteiger partial charge in [0.15, 0.2) is 0 Å². The monoisotopic (exact) mass is 345 g/mol. The molecule has 9 heteroatoms. The summed E-state index contributed by atoms with van der Waals surface area (Å²) in [7, 11) is 0. The fourth-order valence-electron chi connectivity index (χ4n) is 1.51. The Balaban J connectivity index is 0.000000541. The van der Waals surface area contributed by atoms with E-state index in [0.29, 0.717) is 22.4 Å². The average molecular weight is 346 g/mol. The van der Waals surface area contributed by atoms with E-state index in [9.17, 15) is 0 Å². The lowest BCUT2D eigenvalue weighted by Gasteiger charge is -2.11. The first-order valence-corrected chi connectivity index (χ1v) is 6.80. The van der Waals surface area contributed by atoms with Gasteiger partial charge in [-0.15, -0.1) is 10.1 Å². The summed E-state index contributed by atoms with van der Waals surface area (Å²) in [5.41, 5.74) is 0.802. The van der Waals surface area contributed by atoms with Gasteiger partial charge in [-0.3, -0.25) is 0 Å². The molecule has 0 radical (unpaired) electrons. The first-order chi connectivity index (χ1) is 10.4. The predicted molar refractivity (Wildman–Crippen MR) is 83.3 cm³/mol. The fraction of sp³-hybridized carbons (Fsp3) is 0.154. The Kier molecular flexibility index (Phi) is 7.21. The van der Waals surface area contributed by atoms with Gasteiger partial charge in [-0.25, -0.2) is 4.98 Å². The highest BCUT2D eigenvalue weighted by molar-refractivity contribution is 6.35. The first kappa shape index (κ1) is 17.8. The van der Waals surface area contributed by atoms with Crippen molar-refractivity contribution in [1.82, 2.24) is 9.55 Å². The van der Waals surface area contributed by atoms with Crippen LogP contribution in [0.3, 0.4) is 0 Å². The minimum Gasteiger partial charge on any atom is -0.492 e. The van der Waals surface area contributed by atoms with Gasteiger partial charge in [0, 0.05) is 23.0 Å². The van der Waals surface area contributed by atoms with E-state index in [2.05, 4.69) is 4.98 Å². The van der Waals surface area contributed by atoms with Gasteiger partial charge < -0.3 is 14.5 Å². The van der Waals surface area contributed by atoms with Gasteiger partial charge in [0.1, 0.15) is 5.76 Å². The van der Waals surface area contributed by atoms with Crippen LogP contribution in [-0.2, 0) is 4.74 Å². The fourth-order valence-corrected chi connectivity index (χ4v) is 2.01. The van der Waals surface area contributed by atoms with Crippen molar-refractivity contribution in [3.8, 4) is 0 Å². The van der Waals surface area contributed by atoms with Crippen LogP contribution in [0, 0.1) is 10.1 Å². The van der Waals surface area contributed by atoms with Crippen LogP contribution in [0.5, 0.6) is 0 Å². The summed E-state index contributed by atoms with van der Waals surface area (Å²) in [6.45, 7) is 2.48. The van der Waals surface area contributed by atoms with Crippen molar-refractivity contribution >= 4 is 35.2 Å². The molecule has 0 atom stereocenters. The second kappa shape index (κ2) is 8.91. The van der Waals surface area contributed by atoms with Gasteiger partial charge in [-0.1, -0.05) is 23.2 Å². The van der Waals surface area contributed by atoms with E-state index in [4.69, 9.17) is 43.3 Å². The smallest absolute Gasteiger partial charge is 0.291 e. The molecule has 0 saturated heterocycles. The average Bonchev–Trinajstić information content (AvgIpc) is 2.90. The lowest BCUT2D eigenvalue weighted by Crippen LogP contribution is -1.95. The topological polar surface area (TPSA) is 90.4 Å². The van der Waals surface area contributed by atoms with Crippen molar-refractivity contribution < 1.29 is 15.0 Å². The molecule has 2 rings (SSSR count). The van der Waals surface area contributed by atoms with Gasteiger partial charge in [0.25, 0.3) is 5.09 Å². The quantitative estimate of drug-likeness (QED) is 0.516. The summed E-state index contributed by atoms with van der Waals surface area (Å²) >= 11 is 12.1. The molecular formula is C13H13Cl2N3O4. The molecule has 0 amide bonds. The molecule has 118 valence electrons. The van der Waals surface area contributed by atoms with E-state index in [1.807, 2.05) is 25.4 Å². The number of nitrogens with zero attached hydrogens (tertiary/aromatic N) is 3. The van der Waals surface area contributed by atoms with Gasteiger partial charge in [-0.05, 0) is 25.1 Å². The molecule has 0 bridgehead atoms. The molecule has 7 nitrogen and oxygen atoms in total. The number of hydrogen-bond acceptors (Lipinski definition) is 4. The largest absolute Gasteiger partial charge is 0.492 e. The van der Waals surface area contributed by atoms with E-state index in [1.165, 1.54) is 0 Å². The molecular weight excluding hydrogens is 333 g/mol. The van der Waals surface area contributed by atoms with E-state index >= 15 is 0 Å². The Morgan fingerprint density at radius 1 is 1.55 bits per heavy atom. The molecule has 0 fully saturated rings. The molecule has 0 unspecified atom stereocenters. The van der Waals surface area contributed by atoms with Crippen molar-refractivity contribution in [3.63, 3.8) is 0 Å². The van der Waals surface area contributed by atoms with E-state index in [-0.39, 0.29) is 0 Å². The molecule has 0 saturated carbocycles. The van der Waals surface area contributed by atoms with Crippen LogP contribution in [0.25, 0.3) is 12.0 Å². The van der Waals surface area contributed by atoms with Crippen LogP contribution in [0.4, 0.5) is 0 Å². The van der Waals surface area contributed by atoms with Crippen LogP contribution < -0.4 is 0 Å². The van der Waals surface area contributed by atoms with Crippen LogP contribution in [0.2, 0.25) is 10.0 Å². The third kappa shape index (κ3) is 6.02. The summed E-state index contributed by atoms with van der Waals surface area (Å²) < 4.78 is 7.41. The molecule has 0 aliphatic rings. The molecule has 22 heavy (non-hydrogen) atoms. The Morgan fingerprint density at radius 3 is 2.73 bits per heavy atom. The molecule has 1 N–H and O–H groups in total. The Hall–Kier alpha value is -2.25. The van der Waals surface area contributed by atoms with Crippen molar-refractivity contribution in [3.05, 3.63) is 62.6 Å². The molecule has 0 aliphatic carbocycles. The highest BCUT2D eigenvalue weighted by atomic mass is 35.5. The Labute approximate surface area is 136 Å². The van der Waals surface area contributed by atoms with Crippen LogP contribution in [0.15, 0.2) is 36.9 Å². The second-order valence-corrected chi connectivity index (χ2v) is 4.64. The molecule has 1 aromatic heterocycles. The number of imidazole rings is 1. The van der Waals surface area contributed by atoms with Crippen LogP contribution in [0.1, 0.15) is 12.5 Å². The van der Waals surface area contributed by atoms with Gasteiger partial charge in [0.2, 0.25) is 0 Å². The first-order valence-electron chi connectivity index (χ1n) is 6.04. The molecule has 0 aliphatic heterocycles. The van der Waals surface area contributed by atoms with Gasteiger partial charge >= 0.3 is 0 Å². The van der Waals surface area contributed by atoms with E-state index in [1.54, 1.807) is 29.2 Å². The van der Waals surface area contributed by atoms with Gasteiger partial charge in [0.05, 0.1) is 24.2 Å². The highest BCUT2D eigenvalue weighted by Crippen LogP contribution is 2.28. The number of hydrogen-bond donors (Lipinski definition) is 1. The zero-order chi connectivity index (χ0) is 16.5. The van der Waals surface area contributed by atoms with Crippen molar-refractivity contribution in [2.45, 2.75) is 6.92 Å². The molecule has 1 aromatic carbocycles. The minimum absolute atomic E-state index is 0.555. The zero-order valence-corrected chi connectivity index (χ0v) is 13.0. The lowest BCUT2D eigenvalue weighted by molar-refractivity contribution is -0.742. The summed E-state index contributed by atoms with van der Waals surface area (Å²) in [6.07, 6.45) is 7.03. The molecule has 2 aromatic rings. The summed E-state index contributed by atoms with van der Waals surface area (Å²) in [6, 6.07) is 5.31. The maximum atomic E-state index is 8.36. The van der Waals surface area contributed by atoms with Crippen molar-refractivity contribution in [2.75, 3.05) is 6.61 Å². The Bertz CT molecular complexity index is 641. The third-order valence-electron chi connectivity index (χ3n) is 2.29. The summed E-state index contributed by atoms with van der Waals surface area (Å²) in [5.74, 6) is 0.678. The van der Waals surface area contributed by atoms with Crippen molar-refractivity contribution in [1.29, 1.82) is 0 Å². The van der Waals surface area contributed by atoms with E-state index in [0.717, 1.165) is 5.56 Å². The maximum absolute atomic E-state index is 8.36. The lowest BCUT2D eigenvalue weighted by atomic mass is 10.2. The SMILES string of the molecule is CCOC(=Cn1ccnc1)c1ccc(Cl)cc1Cl.O=[N+]([O-])O. The zero-order valence-electron chi connectivity index (χ0n) is 11.5. The van der Waals surface area contributed by atoms with E-state index < -0.39 is 5.09 Å². The minimum atomic E-state index is -1.50. The summed E-state index contributed by atoms with van der Waals surface area (Å²) in [4.78, 5) is 12.3. The molecule has 0 spiro atoms. The van der Waals surface area contributed by atoms with Gasteiger partial charge in [-0.2, -0.15) is 0 Å². The highest BCUT2D eigenvalue weighted by Gasteiger charge is 2.08. The Morgan fingerprint density at radius 2 is 2.23 bits per heavy atom. The number of halogens is 2. The third-order valence-corrected chi connectivity index (χ3v) is 2.84. The second-order valence-electron chi connectivity index (χ2n) is 3.80. The normalized spacial score (nSPS) is 10.6. The molecule has 1 heterocycles. The number of ether oxygens (including phenoxy) is 1. The predicted octanol–water partition coefficient (Wildman–Crippen LogP) is 3.83. The standard InChI is InChI=1S/C13H12Cl2N2O.HNO3/c1-2-18-13(8-17-6-5-16-9-17)11-4-3-10(14)7-12(11)15;2-1(3)4/h3-9H,2H2,1H3;(H,2,3,4). The van der Waals surface area contributed by atoms with Crippen LogP contribution >= 0.6 is 23.2 Å². The number of benzene rings is 1. The maximum Gasteiger partial charge on any atom is 0.291 e. The van der Waals surface area contributed by atoms with Crippen molar-refractivity contribution in [2.24, 2.45) is 0 Å². The number of aromatic nitrogens is 2.